The summed E-state index contributed by atoms with van der Waals surface area (Å²) in [6.07, 6.45) is 2.39. The Morgan fingerprint density at radius 2 is 2.21 bits per heavy atom. The number of carbonyl (C=O) groups excluding carboxylic acids is 1. The van der Waals surface area contributed by atoms with E-state index in [1.165, 1.54) is 18.3 Å². The topological polar surface area (TPSA) is 57.4 Å². The van der Waals surface area contributed by atoms with E-state index in [4.69, 9.17) is 0 Å². The monoisotopic (exact) mass is 202 g/mol. The Kier molecular flexibility index (Phi) is 3.25. The molecule has 2 aromatic rings. The van der Waals surface area contributed by atoms with Gasteiger partial charge in [0.15, 0.2) is 5.82 Å². The smallest absolute Gasteiger partial charge is 0.542 e. The Balaban J connectivity index is 0.000000980. The number of imidazole rings is 1. The van der Waals surface area contributed by atoms with Gasteiger partial charge in [-0.05, 0) is 12.1 Å². The van der Waals surface area contributed by atoms with Gasteiger partial charge < -0.3 is 9.90 Å². The van der Waals surface area contributed by atoms with E-state index in [0.29, 0.717) is 5.52 Å². The Hall–Kier alpha value is -0.910. The molecule has 6 heteroatoms. The summed E-state index contributed by atoms with van der Waals surface area (Å²) in [5, 5.41) is 10.5. The molecule has 0 bridgehead atoms. The van der Waals surface area contributed by atoms with Crippen LogP contribution in [0.25, 0.3) is 5.52 Å². The molecule has 0 spiro atoms. The van der Waals surface area contributed by atoms with E-state index >= 15 is 0 Å². The molecule has 66 valence electrons. The van der Waals surface area contributed by atoms with Crippen LogP contribution in [0, 0.1) is 5.82 Å². The van der Waals surface area contributed by atoms with Crippen molar-refractivity contribution in [1.82, 2.24) is 9.38 Å². The number of aromatic carboxylic acids is 1. The Morgan fingerprint density at radius 1 is 1.50 bits per heavy atom. The summed E-state index contributed by atoms with van der Waals surface area (Å²) in [6, 6.07) is 2.67. The van der Waals surface area contributed by atoms with E-state index in [-0.39, 0.29) is 35.4 Å². The van der Waals surface area contributed by atoms with Crippen molar-refractivity contribution in [2.45, 2.75) is 0 Å². The van der Waals surface area contributed by atoms with Crippen molar-refractivity contribution in [1.29, 1.82) is 0 Å². The summed E-state index contributed by atoms with van der Waals surface area (Å²) in [5.41, 5.74) is 0.514. The third-order valence-electron chi connectivity index (χ3n) is 1.67. The first-order valence-electron chi connectivity index (χ1n) is 3.52. The molecule has 0 amide bonds. The minimum absolute atomic E-state index is 0. The van der Waals surface area contributed by atoms with E-state index in [9.17, 15) is 14.3 Å². The van der Waals surface area contributed by atoms with Crippen molar-refractivity contribution in [3.8, 4) is 0 Å². The first kappa shape index (κ1) is 11.2. The molecule has 0 fully saturated rings. The molecule has 0 N–H and O–H groups in total. The molecule has 0 unspecified atom stereocenters. The van der Waals surface area contributed by atoms with Crippen molar-refractivity contribution in [2.75, 3.05) is 0 Å². The fourth-order valence-electron chi connectivity index (χ4n) is 1.12. The van der Waals surface area contributed by atoms with E-state index in [0.717, 1.165) is 10.6 Å². The summed E-state index contributed by atoms with van der Waals surface area (Å²) in [6.45, 7) is 0. The van der Waals surface area contributed by atoms with Gasteiger partial charge in [-0.25, -0.2) is 9.37 Å². The summed E-state index contributed by atoms with van der Waals surface area (Å²) < 4.78 is 13.8. The van der Waals surface area contributed by atoms with Crippen LogP contribution in [0.4, 0.5) is 4.39 Å². The molecule has 0 aliphatic carbocycles. The second-order valence-corrected chi connectivity index (χ2v) is 2.51. The predicted molar refractivity (Wildman–Crippen MR) is 39.5 cm³/mol. The van der Waals surface area contributed by atoms with Crippen LogP contribution in [0.5, 0.6) is 0 Å². The number of carboxylic acid groups (broad SMARTS) is 1. The fraction of sp³-hybridized carbons (Fsp3) is 0. The molecule has 0 atom stereocenters. The first-order valence-corrected chi connectivity index (χ1v) is 3.52. The molecular weight excluding hydrogens is 198 g/mol. The zero-order valence-electron chi connectivity index (χ0n) is 7.40. The SMILES string of the molecule is O=C([O-])c1ncc2ccc(F)cn12.[Na+]. The molecular formula is C8H4FN2NaO2. The van der Waals surface area contributed by atoms with Gasteiger partial charge >= 0.3 is 29.6 Å². The maximum atomic E-state index is 12.7. The number of aromatic nitrogens is 2. The number of hydrogen-bond donors (Lipinski definition) is 0. The quantitative estimate of drug-likeness (QED) is 0.459. The normalized spacial score (nSPS) is 9.79. The van der Waals surface area contributed by atoms with Gasteiger partial charge in [0, 0.05) is 6.20 Å². The number of rotatable bonds is 1. The van der Waals surface area contributed by atoms with Crippen molar-refractivity contribution >= 4 is 11.5 Å². The maximum Gasteiger partial charge on any atom is 1.00 e. The van der Waals surface area contributed by atoms with E-state index in [1.54, 1.807) is 0 Å². The van der Waals surface area contributed by atoms with Crippen molar-refractivity contribution in [3.63, 3.8) is 0 Å². The van der Waals surface area contributed by atoms with Crippen LogP contribution in [-0.4, -0.2) is 15.4 Å². The van der Waals surface area contributed by atoms with Crippen LogP contribution in [0.15, 0.2) is 24.5 Å². The number of hydrogen-bond acceptors (Lipinski definition) is 3. The average molecular weight is 202 g/mol. The number of carboxylic acids is 1. The molecule has 4 nitrogen and oxygen atoms in total. The van der Waals surface area contributed by atoms with Gasteiger partial charge in [-0.3, -0.25) is 4.40 Å². The standard InChI is InChI=1S/C8H5FN2O2.Na/c9-5-1-2-6-3-10-7(8(12)13)11(6)4-5;/h1-4H,(H,12,13);/q;+1/p-1. The zero-order valence-corrected chi connectivity index (χ0v) is 9.40. The molecule has 0 aromatic carbocycles. The van der Waals surface area contributed by atoms with Gasteiger partial charge in [0.2, 0.25) is 0 Å². The van der Waals surface area contributed by atoms with E-state index < -0.39 is 11.8 Å². The number of nitrogens with zero attached hydrogens (tertiary/aromatic N) is 2. The average Bonchev–Trinajstić information content (AvgIpc) is 2.46. The van der Waals surface area contributed by atoms with Crippen molar-refractivity contribution < 1.29 is 43.8 Å². The number of pyridine rings is 1. The van der Waals surface area contributed by atoms with Gasteiger partial charge in [-0.1, -0.05) is 0 Å². The number of halogens is 1. The Labute approximate surface area is 101 Å². The zero-order chi connectivity index (χ0) is 9.42. The molecule has 2 heterocycles. The molecule has 0 aliphatic heterocycles. The summed E-state index contributed by atoms with van der Waals surface area (Å²) >= 11 is 0. The van der Waals surface area contributed by atoms with Gasteiger partial charge in [-0.15, -0.1) is 0 Å². The second-order valence-electron chi connectivity index (χ2n) is 2.51. The van der Waals surface area contributed by atoms with E-state index in [1.807, 2.05) is 0 Å². The largest absolute Gasteiger partial charge is 1.00 e. The van der Waals surface area contributed by atoms with Crippen LogP contribution >= 0.6 is 0 Å². The molecule has 0 saturated heterocycles. The third kappa shape index (κ3) is 1.79. The minimum atomic E-state index is -1.43. The van der Waals surface area contributed by atoms with Gasteiger partial charge in [0.1, 0.15) is 11.8 Å². The van der Waals surface area contributed by atoms with Crippen LogP contribution in [0.3, 0.4) is 0 Å². The Bertz CT molecular complexity index is 483. The van der Waals surface area contributed by atoms with Crippen LogP contribution in [0.2, 0.25) is 0 Å². The van der Waals surface area contributed by atoms with E-state index in [2.05, 4.69) is 4.98 Å². The molecule has 2 rings (SSSR count). The maximum absolute atomic E-state index is 12.7. The predicted octanol–water partition coefficient (Wildman–Crippen LogP) is -3.16. The van der Waals surface area contributed by atoms with Crippen LogP contribution < -0.4 is 34.7 Å². The molecule has 2 aromatic heterocycles. The third-order valence-corrected chi connectivity index (χ3v) is 1.67. The van der Waals surface area contributed by atoms with Gasteiger partial charge in [-0.2, -0.15) is 0 Å². The van der Waals surface area contributed by atoms with Crippen LogP contribution in [-0.2, 0) is 0 Å². The first-order chi connectivity index (χ1) is 6.18. The van der Waals surface area contributed by atoms with Crippen molar-refractivity contribution in [2.24, 2.45) is 0 Å². The molecule has 0 saturated carbocycles. The van der Waals surface area contributed by atoms with Crippen LogP contribution in [0.1, 0.15) is 10.6 Å². The fourth-order valence-corrected chi connectivity index (χ4v) is 1.12. The molecule has 14 heavy (non-hydrogen) atoms. The summed E-state index contributed by atoms with van der Waals surface area (Å²) in [4.78, 5) is 14.0. The summed E-state index contributed by atoms with van der Waals surface area (Å²) in [7, 11) is 0. The number of carbonyl (C=O) groups is 1. The second kappa shape index (κ2) is 4.08. The summed E-state index contributed by atoms with van der Waals surface area (Å²) in [5.74, 6) is -2.24. The van der Waals surface area contributed by atoms with Gasteiger partial charge in [0.05, 0.1) is 11.7 Å². The number of fused-ring (bicyclic) bond motifs is 1. The molecule has 0 radical (unpaired) electrons. The minimum Gasteiger partial charge on any atom is -0.542 e. The van der Waals surface area contributed by atoms with Gasteiger partial charge in [0.25, 0.3) is 0 Å². The molecule has 0 aliphatic rings. The Morgan fingerprint density at radius 3 is 2.86 bits per heavy atom. The van der Waals surface area contributed by atoms with Crippen molar-refractivity contribution in [3.05, 3.63) is 36.2 Å².